The van der Waals surface area contributed by atoms with Crippen LogP contribution in [0.1, 0.15) is 5.56 Å². The van der Waals surface area contributed by atoms with Crippen molar-refractivity contribution in [2.45, 2.75) is 6.42 Å². The van der Waals surface area contributed by atoms with Crippen LogP contribution in [0.5, 0.6) is 0 Å². The second-order valence-electron chi connectivity index (χ2n) is 3.28. The molecule has 0 aliphatic heterocycles. The summed E-state index contributed by atoms with van der Waals surface area (Å²) in [7, 11) is 0. The van der Waals surface area contributed by atoms with Crippen molar-refractivity contribution in [1.82, 2.24) is 4.98 Å². The largest absolute Gasteiger partial charge is 0.481 e. The Morgan fingerprint density at radius 3 is 2.88 bits per heavy atom. The molecule has 0 saturated heterocycles. The third-order valence-electron chi connectivity index (χ3n) is 2.03. The van der Waals surface area contributed by atoms with Crippen LogP contribution in [-0.4, -0.2) is 16.1 Å². The molecule has 0 fully saturated rings. The summed E-state index contributed by atoms with van der Waals surface area (Å²) in [6, 6.07) is 4.28. The lowest BCUT2D eigenvalue weighted by molar-refractivity contribution is -0.136. The number of rotatable bonds is 3. The summed E-state index contributed by atoms with van der Waals surface area (Å²) >= 11 is 1.39. The molecule has 0 saturated carbocycles. The Morgan fingerprint density at radius 2 is 2.25 bits per heavy atom. The summed E-state index contributed by atoms with van der Waals surface area (Å²) < 4.78 is 13.3. The van der Waals surface area contributed by atoms with E-state index in [4.69, 9.17) is 5.11 Å². The summed E-state index contributed by atoms with van der Waals surface area (Å²) in [4.78, 5) is 15.3. The van der Waals surface area contributed by atoms with Crippen molar-refractivity contribution in [3.63, 3.8) is 0 Å². The first-order valence-corrected chi connectivity index (χ1v) is 5.43. The van der Waals surface area contributed by atoms with E-state index in [1.807, 2.05) is 0 Å². The lowest BCUT2D eigenvalue weighted by Crippen LogP contribution is -2.00. The summed E-state index contributed by atoms with van der Waals surface area (Å²) in [6.45, 7) is 0. The molecule has 82 valence electrons. The monoisotopic (exact) mass is 237 g/mol. The van der Waals surface area contributed by atoms with Crippen LogP contribution in [0, 0.1) is 5.82 Å². The summed E-state index contributed by atoms with van der Waals surface area (Å²) in [6.07, 6.45) is 1.45. The molecule has 1 aromatic heterocycles. The number of hydrogen-bond donors (Lipinski definition) is 1. The molecule has 0 bridgehead atoms. The zero-order valence-electron chi connectivity index (χ0n) is 8.18. The van der Waals surface area contributed by atoms with E-state index < -0.39 is 11.8 Å². The molecular weight excluding hydrogens is 229 g/mol. The van der Waals surface area contributed by atoms with Gasteiger partial charge in [-0.05, 0) is 29.3 Å². The molecule has 1 aromatic carbocycles. The zero-order chi connectivity index (χ0) is 11.5. The van der Waals surface area contributed by atoms with Crippen molar-refractivity contribution in [2.75, 3.05) is 0 Å². The highest BCUT2D eigenvalue weighted by Crippen LogP contribution is 2.25. The summed E-state index contributed by atoms with van der Waals surface area (Å²) in [5.74, 6) is -1.40. The Bertz CT molecular complexity index is 511. The van der Waals surface area contributed by atoms with Crippen LogP contribution in [-0.2, 0) is 11.2 Å². The molecule has 2 aromatic rings. The van der Waals surface area contributed by atoms with E-state index in [-0.39, 0.29) is 6.42 Å². The SMILES string of the molecule is O=C(O)Cc1cc(F)cc(-c2cncs2)c1. The van der Waals surface area contributed by atoms with Gasteiger partial charge in [-0.1, -0.05) is 0 Å². The van der Waals surface area contributed by atoms with Gasteiger partial charge in [0.2, 0.25) is 0 Å². The van der Waals surface area contributed by atoms with E-state index in [2.05, 4.69) is 4.98 Å². The van der Waals surface area contributed by atoms with Crippen LogP contribution in [0.15, 0.2) is 29.9 Å². The maximum absolute atomic E-state index is 13.3. The fraction of sp³-hybridized carbons (Fsp3) is 0.0909. The zero-order valence-corrected chi connectivity index (χ0v) is 9.00. The minimum atomic E-state index is -0.971. The molecule has 5 heteroatoms. The number of thiazole rings is 1. The summed E-state index contributed by atoms with van der Waals surface area (Å²) in [5, 5.41) is 8.65. The molecule has 0 aliphatic carbocycles. The van der Waals surface area contributed by atoms with Crippen molar-refractivity contribution in [2.24, 2.45) is 0 Å². The molecule has 0 atom stereocenters. The Hall–Kier alpha value is -1.75. The number of hydrogen-bond acceptors (Lipinski definition) is 3. The van der Waals surface area contributed by atoms with E-state index in [1.165, 1.54) is 23.5 Å². The molecule has 0 aliphatic rings. The molecular formula is C11H8FNO2S. The quantitative estimate of drug-likeness (QED) is 0.892. The van der Waals surface area contributed by atoms with Gasteiger partial charge in [0, 0.05) is 6.20 Å². The average molecular weight is 237 g/mol. The van der Waals surface area contributed by atoms with Crippen molar-refractivity contribution in [3.05, 3.63) is 41.3 Å². The van der Waals surface area contributed by atoms with Gasteiger partial charge in [0.15, 0.2) is 0 Å². The Kier molecular flexibility index (Phi) is 2.96. The molecule has 1 N–H and O–H groups in total. The highest BCUT2D eigenvalue weighted by atomic mass is 32.1. The Morgan fingerprint density at radius 1 is 1.44 bits per heavy atom. The van der Waals surface area contributed by atoms with Crippen LogP contribution in [0.4, 0.5) is 4.39 Å². The number of carboxylic acid groups (broad SMARTS) is 1. The topological polar surface area (TPSA) is 50.2 Å². The number of halogens is 1. The van der Waals surface area contributed by atoms with E-state index in [0.717, 1.165) is 4.88 Å². The van der Waals surface area contributed by atoms with Gasteiger partial charge in [-0.2, -0.15) is 0 Å². The minimum Gasteiger partial charge on any atom is -0.481 e. The number of carbonyl (C=O) groups is 1. The highest BCUT2D eigenvalue weighted by molar-refractivity contribution is 7.13. The first kappa shape index (κ1) is 10.8. The molecule has 3 nitrogen and oxygen atoms in total. The maximum Gasteiger partial charge on any atom is 0.307 e. The van der Waals surface area contributed by atoms with Crippen LogP contribution in [0.25, 0.3) is 10.4 Å². The standard InChI is InChI=1S/C11H8FNO2S/c12-9-2-7(3-11(14)15)1-8(4-9)10-5-13-6-16-10/h1-2,4-6H,3H2,(H,14,15). The minimum absolute atomic E-state index is 0.177. The van der Waals surface area contributed by atoms with Gasteiger partial charge in [-0.15, -0.1) is 11.3 Å². The third-order valence-corrected chi connectivity index (χ3v) is 2.85. The smallest absolute Gasteiger partial charge is 0.307 e. The maximum atomic E-state index is 13.3. The van der Waals surface area contributed by atoms with Gasteiger partial charge in [0.25, 0.3) is 0 Å². The van der Waals surface area contributed by atoms with Crippen molar-refractivity contribution >= 4 is 17.3 Å². The number of carboxylic acids is 1. The van der Waals surface area contributed by atoms with E-state index in [9.17, 15) is 9.18 Å². The third kappa shape index (κ3) is 2.43. The molecule has 0 radical (unpaired) electrons. The second-order valence-corrected chi connectivity index (χ2v) is 4.17. The molecule has 1 heterocycles. The predicted molar refractivity (Wildman–Crippen MR) is 58.8 cm³/mol. The van der Waals surface area contributed by atoms with Gasteiger partial charge >= 0.3 is 5.97 Å². The van der Waals surface area contributed by atoms with Gasteiger partial charge in [-0.3, -0.25) is 9.78 Å². The molecule has 2 rings (SSSR count). The normalized spacial score (nSPS) is 10.3. The lowest BCUT2D eigenvalue weighted by atomic mass is 10.1. The van der Waals surface area contributed by atoms with Crippen LogP contribution in [0.2, 0.25) is 0 Å². The van der Waals surface area contributed by atoms with Crippen molar-refractivity contribution < 1.29 is 14.3 Å². The molecule has 0 spiro atoms. The number of aliphatic carboxylic acids is 1. The van der Waals surface area contributed by atoms with Crippen LogP contribution < -0.4 is 0 Å². The average Bonchev–Trinajstić information content (AvgIpc) is 2.67. The Balaban J connectivity index is 2.40. The number of benzene rings is 1. The van der Waals surface area contributed by atoms with Gasteiger partial charge in [-0.25, -0.2) is 4.39 Å². The van der Waals surface area contributed by atoms with E-state index >= 15 is 0 Å². The predicted octanol–water partition coefficient (Wildman–Crippen LogP) is 2.58. The first-order valence-electron chi connectivity index (χ1n) is 4.55. The fourth-order valence-corrected chi connectivity index (χ4v) is 2.04. The Labute approximate surface area is 95.2 Å². The first-order chi connectivity index (χ1) is 7.65. The van der Waals surface area contributed by atoms with Crippen LogP contribution >= 0.6 is 11.3 Å². The molecule has 0 amide bonds. The van der Waals surface area contributed by atoms with E-state index in [0.29, 0.717) is 11.1 Å². The number of nitrogens with zero attached hydrogens (tertiary/aromatic N) is 1. The van der Waals surface area contributed by atoms with Crippen molar-refractivity contribution in [3.8, 4) is 10.4 Å². The van der Waals surface area contributed by atoms with E-state index in [1.54, 1.807) is 17.8 Å². The van der Waals surface area contributed by atoms with Crippen molar-refractivity contribution in [1.29, 1.82) is 0 Å². The van der Waals surface area contributed by atoms with Gasteiger partial charge in [0.05, 0.1) is 16.8 Å². The lowest BCUT2D eigenvalue weighted by Gasteiger charge is -2.02. The molecule has 16 heavy (non-hydrogen) atoms. The van der Waals surface area contributed by atoms with Gasteiger partial charge < -0.3 is 5.11 Å². The summed E-state index contributed by atoms with van der Waals surface area (Å²) in [5.41, 5.74) is 2.77. The molecule has 0 unspecified atom stereocenters. The highest BCUT2D eigenvalue weighted by Gasteiger charge is 2.07. The fourth-order valence-electron chi connectivity index (χ4n) is 1.43. The van der Waals surface area contributed by atoms with Gasteiger partial charge in [0.1, 0.15) is 5.82 Å². The second kappa shape index (κ2) is 4.40. The number of aromatic nitrogens is 1. The van der Waals surface area contributed by atoms with Crippen LogP contribution in [0.3, 0.4) is 0 Å².